The molecule has 0 amide bonds. The minimum absolute atomic E-state index is 0.0119. The quantitative estimate of drug-likeness (QED) is 0.0385. The molecule has 0 bridgehead atoms. The van der Waals surface area contributed by atoms with Crippen LogP contribution in [0.1, 0.15) is 69.3 Å². The van der Waals surface area contributed by atoms with Crippen molar-refractivity contribution in [2.45, 2.75) is 77.3 Å². The van der Waals surface area contributed by atoms with Gasteiger partial charge in [0.05, 0.1) is 52.7 Å². The zero-order valence-electron chi connectivity index (χ0n) is 35.6. The molecule has 1 aliphatic carbocycles. The summed E-state index contributed by atoms with van der Waals surface area (Å²) in [5.74, 6) is -6.02. The van der Waals surface area contributed by atoms with Gasteiger partial charge in [-0.05, 0) is 83.2 Å². The Bertz CT molecular complexity index is 2580. The first-order valence-corrected chi connectivity index (χ1v) is 27.2. The van der Waals surface area contributed by atoms with Gasteiger partial charge in [0.1, 0.15) is 0 Å². The van der Waals surface area contributed by atoms with Crippen LogP contribution >= 0.6 is 0 Å². The highest BCUT2D eigenvalue weighted by Gasteiger charge is 2.34. The normalized spacial score (nSPS) is 17.1. The van der Waals surface area contributed by atoms with Gasteiger partial charge in [-0.15, -0.1) is 0 Å². The van der Waals surface area contributed by atoms with E-state index < -0.39 is 121 Å². The zero-order valence-corrected chi connectivity index (χ0v) is 39.6. The van der Waals surface area contributed by atoms with Crippen molar-refractivity contribution >= 4 is 74.0 Å². The summed E-state index contributed by atoms with van der Waals surface area (Å²) in [7, 11) is -22.6. The molecule has 0 aliphatic heterocycles. The Morgan fingerprint density at radius 2 is 1.22 bits per heavy atom. The second-order valence-corrected chi connectivity index (χ2v) is 22.5. The summed E-state index contributed by atoms with van der Waals surface area (Å²) in [6.45, 7) is 6.31. The van der Waals surface area contributed by atoms with Gasteiger partial charge in [0.25, 0.3) is 50.6 Å². The van der Waals surface area contributed by atoms with Gasteiger partial charge in [-0.25, -0.2) is 9.59 Å². The number of anilines is 1. The van der Waals surface area contributed by atoms with Crippen LogP contribution in [-0.4, -0.2) is 149 Å². The number of hydrogen-bond acceptors (Lipinski definition) is 17. The Kier molecular flexibility index (Phi) is 20.5. The van der Waals surface area contributed by atoms with Crippen molar-refractivity contribution in [1.82, 2.24) is 4.90 Å². The first-order chi connectivity index (χ1) is 29.2. The average Bonchev–Trinajstić information content (AvgIpc) is 3.13. The number of ketones is 1. The fourth-order valence-corrected chi connectivity index (χ4v) is 8.96. The molecule has 0 aromatic heterocycles. The first-order valence-electron chi connectivity index (χ1n) is 19.3. The van der Waals surface area contributed by atoms with Crippen LogP contribution in [0.2, 0.25) is 0 Å². The minimum atomic E-state index is -5.00. The lowest BCUT2D eigenvalue weighted by Gasteiger charge is -2.39. The van der Waals surface area contributed by atoms with Crippen molar-refractivity contribution < 1.29 is 88.7 Å². The van der Waals surface area contributed by atoms with Crippen molar-refractivity contribution in [2.75, 3.05) is 54.2 Å². The summed E-state index contributed by atoms with van der Waals surface area (Å²) in [6.07, 6.45) is 6.58. The molecule has 5 N–H and O–H groups in total. The Balaban J connectivity index is 2.65. The molecule has 1 aromatic carbocycles. The SMILES string of the molecule is CC(=O)C1=CC(N(CCCS(=O)(=O)O)/C(C)=C/C=C/C(C)N(CCCS(=O)(=O)O)c2cc(S(=O)(=O)O)cc(C(=O)OCCCS(=O)(=O)O)c2C)C(C)C(C(=O)OCCCS(=O)(=O)O)=C1. The second kappa shape index (κ2) is 23.4. The lowest BCUT2D eigenvalue weighted by Crippen LogP contribution is -2.42. The molecular weight excluding hydrogens is 953 g/mol. The third-order valence-corrected chi connectivity index (χ3v) is 13.7. The topological polar surface area (TPSA) is 348 Å². The number of Topliss-reactive ketones (excluding diaryl/α,β-unsaturated/α-hetero) is 1. The summed E-state index contributed by atoms with van der Waals surface area (Å²) in [5, 5.41) is 0. The molecule has 0 spiro atoms. The van der Waals surface area contributed by atoms with Crippen molar-refractivity contribution in [3.8, 4) is 0 Å². The number of esters is 2. The molecule has 27 heteroatoms. The lowest BCUT2D eigenvalue weighted by molar-refractivity contribution is -0.139. The maximum atomic E-state index is 13.2. The highest BCUT2D eigenvalue weighted by atomic mass is 32.2. The summed E-state index contributed by atoms with van der Waals surface area (Å²) >= 11 is 0. The Morgan fingerprint density at radius 3 is 1.70 bits per heavy atom. The molecule has 0 heterocycles. The van der Waals surface area contributed by atoms with Crippen molar-refractivity contribution in [3.63, 3.8) is 0 Å². The highest BCUT2D eigenvalue weighted by Crippen LogP contribution is 2.33. The number of allylic oxidation sites excluding steroid dienone is 5. The molecule has 0 fully saturated rings. The molecule has 3 unspecified atom stereocenters. The lowest BCUT2D eigenvalue weighted by atomic mass is 9.83. The van der Waals surface area contributed by atoms with Gasteiger partial charge < -0.3 is 19.3 Å². The van der Waals surface area contributed by atoms with Gasteiger partial charge in [-0.3, -0.25) is 27.6 Å². The Labute approximate surface area is 373 Å². The molecule has 3 atom stereocenters. The van der Waals surface area contributed by atoms with E-state index in [2.05, 4.69) is 0 Å². The van der Waals surface area contributed by atoms with Crippen molar-refractivity contribution in [1.29, 1.82) is 0 Å². The number of benzene rings is 1. The van der Waals surface area contributed by atoms with Crippen LogP contribution in [-0.2, 0) is 69.7 Å². The standard InChI is InChI=1S/C37H54N2O20S5/c1-25(38(13-7-17-60(43,44)45)34-22-30(29(5)40)21-32(27(34)3)36(41)58-15-9-19-62(49,50)51)11-6-12-26(2)39(14-8-18-61(46,47)48)35-24-31(64(55,56)57)23-33(28(35)4)37(42)59-16-10-20-63(52,53)54/h6,11-12,21-24,26-27,34H,7-10,13-20H2,1-5H3,(H,43,44,45)(H,46,47,48)(H,49,50,51)(H,52,53,54)(H,55,56,57)/b12-6+,25-11+. The monoisotopic (exact) mass is 1010 g/mol. The molecule has 362 valence electrons. The predicted octanol–water partition coefficient (Wildman–Crippen LogP) is 2.47. The van der Waals surface area contributed by atoms with Gasteiger partial charge in [0.2, 0.25) is 0 Å². The van der Waals surface area contributed by atoms with Crippen LogP contribution in [0, 0.1) is 12.8 Å². The van der Waals surface area contributed by atoms with Crippen LogP contribution in [0.4, 0.5) is 5.69 Å². The van der Waals surface area contributed by atoms with E-state index in [-0.39, 0.29) is 73.3 Å². The van der Waals surface area contributed by atoms with Crippen LogP contribution < -0.4 is 4.90 Å². The van der Waals surface area contributed by atoms with Gasteiger partial charge in [-0.1, -0.05) is 25.2 Å². The van der Waals surface area contributed by atoms with E-state index in [4.69, 9.17) is 18.6 Å². The van der Waals surface area contributed by atoms with E-state index in [0.29, 0.717) is 5.70 Å². The maximum Gasteiger partial charge on any atom is 0.338 e. The fraction of sp³-hybridized carbons (Fsp3) is 0.541. The predicted molar refractivity (Wildman–Crippen MR) is 233 cm³/mol. The van der Waals surface area contributed by atoms with E-state index in [1.54, 1.807) is 43.9 Å². The largest absolute Gasteiger partial charge is 0.462 e. The van der Waals surface area contributed by atoms with E-state index in [0.717, 1.165) is 12.1 Å². The zero-order chi connectivity index (χ0) is 49.0. The third kappa shape index (κ3) is 19.6. The molecule has 2 rings (SSSR count). The van der Waals surface area contributed by atoms with Gasteiger partial charge in [-0.2, -0.15) is 42.1 Å². The third-order valence-electron chi connectivity index (χ3n) is 9.68. The number of carbonyl (C=O) groups is 3. The molecule has 0 radical (unpaired) electrons. The first kappa shape index (κ1) is 56.1. The Hall–Kier alpha value is -4.06. The second-order valence-electron chi connectivity index (χ2n) is 14.8. The summed E-state index contributed by atoms with van der Waals surface area (Å²) in [5.41, 5.74) is 0.219. The molecule has 1 aromatic rings. The summed E-state index contributed by atoms with van der Waals surface area (Å²) in [6, 6.07) is 0.211. The molecular formula is C37H54N2O20S5. The maximum absolute atomic E-state index is 13.2. The van der Waals surface area contributed by atoms with Crippen molar-refractivity contribution in [2.24, 2.45) is 5.92 Å². The number of hydrogen-bond donors (Lipinski definition) is 5. The van der Waals surface area contributed by atoms with Gasteiger partial charge >= 0.3 is 11.9 Å². The van der Waals surface area contributed by atoms with Crippen LogP contribution in [0.15, 0.2) is 64.3 Å². The van der Waals surface area contributed by atoms with Gasteiger partial charge in [0, 0.05) is 47.6 Å². The van der Waals surface area contributed by atoms with Crippen molar-refractivity contribution in [3.05, 3.63) is 70.5 Å². The van der Waals surface area contributed by atoms with E-state index in [1.165, 1.54) is 30.9 Å². The highest BCUT2D eigenvalue weighted by molar-refractivity contribution is 7.86. The molecule has 22 nitrogen and oxygen atoms in total. The van der Waals surface area contributed by atoms with E-state index in [9.17, 15) is 70.1 Å². The summed E-state index contributed by atoms with van der Waals surface area (Å²) in [4.78, 5) is 41.4. The smallest absolute Gasteiger partial charge is 0.338 e. The van der Waals surface area contributed by atoms with Crippen LogP contribution in [0.25, 0.3) is 0 Å². The average molecular weight is 1010 g/mol. The van der Waals surface area contributed by atoms with E-state index >= 15 is 0 Å². The number of rotatable bonds is 26. The van der Waals surface area contributed by atoms with E-state index in [1.807, 2.05) is 0 Å². The Morgan fingerprint density at radius 1 is 0.734 bits per heavy atom. The molecule has 0 saturated heterocycles. The molecule has 1 aliphatic rings. The number of carbonyl (C=O) groups excluding carboxylic acids is 3. The summed E-state index contributed by atoms with van der Waals surface area (Å²) < 4.78 is 173. The number of nitrogens with zero attached hydrogens (tertiary/aromatic N) is 2. The molecule has 64 heavy (non-hydrogen) atoms. The van der Waals surface area contributed by atoms with Crippen LogP contribution in [0.5, 0.6) is 0 Å². The molecule has 0 saturated carbocycles. The number of ether oxygens (including phenoxy) is 2. The fourth-order valence-electron chi connectivity index (χ4n) is 6.48. The van der Waals surface area contributed by atoms with Crippen LogP contribution in [0.3, 0.4) is 0 Å². The minimum Gasteiger partial charge on any atom is -0.462 e. The van der Waals surface area contributed by atoms with Gasteiger partial charge in [0.15, 0.2) is 5.78 Å².